The number of para-hydroxylation sites is 1. The Labute approximate surface area is 157 Å². The van der Waals surface area contributed by atoms with Crippen LogP contribution in [0.15, 0.2) is 42.7 Å². The molecule has 7 heteroatoms. The van der Waals surface area contributed by atoms with Crippen molar-refractivity contribution < 1.29 is 9.59 Å². The van der Waals surface area contributed by atoms with Gasteiger partial charge in [0.25, 0.3) is 0 Å². The molecule has 5 nitrogen and oxygen atoms in total. The zero-order valence-electron chi connectivity index (χ0n) is 13.8. The molecule has 132 valence electrons. The molecule has 0 radical (unpaired) electrons. The summed E-state index contributed by atoms with van der Waals surface area (Å²) in [4.78, 5) is 30.1. The highest BCUT2D eigenvalue weighted by Crippen LogP contribution is 2.29. The van der Waals surface area contributed by atoms with Crippen molar-refractivity contribution in [2.24, 2.45) is 0 Å². The van der Waals surface area contributed by atoms with Crippen molar-refractivity contribution in [3.05, 3.63) is 58.3 Å². The largest absolute Gasteiger partial charge is 0.334 e. The number of carbonyl (C=O) groups is 2. The molecule has 1 aromatic heterocycles. The number of likely N-dealkylation sites (N-methyl/N-ethyl adjacent to an activating group) is 1. The van der Waals surface area contributed by atoms with E-state index in [-0.39, 0.29) is 18.4 Å². The Morgan fingerprint density at radius 2 is 1.88 bits per heavy atom. The second-order valence-corrected chi connectivity index (χ2v) is 6.23. The van der Waals surface area contributed by atoms with E-state index in [0.29, 0.717) is 35.1 Å². The Kier molecular flexibility index (Phi) is 7.22. The quantitative estimate of drug-likeness (QED) is 0.795. The van der Waals surface area contributed by atoms with E-state index >= 15 is 0 Å². The number of nitrogens with zero attached hydrogens (tertiary/aromatic N) is 2. The van der Waals surface area contributed by atoms with E-state index in [1.165, 1.54) is 4.90 Å². The molecule has 2 aromatic rings. The maximum absolute atomic E-state index is 12.3. The molecule has 25 heavy (non-hydrogen) atoms. The summed E-state index contributed by atoms with van der Waals surface area (Å²) >= 11 is 12.1. The summed E-state index contributed by atoms with van der Waals surface area (Å²) in [5, 5.41) is 3.37. The third kappa shape index (κ3) is 5.73. The molecule has 0 aliphatic carbocycles. The molecule has 0 unspecified atom stereocenters. The average molecular weight is 380 g/mol. The van der Waals surface area contributed by atoms with Crippen LogP contribution in [0.2, 0.25) is 10.0 Å². The minimum atomic E-state index is -0.341. The number of rotatable bonds is 7. The van der Waals surface area contributed by atoms with Gasteiger partial charge in [0.1, 0.15) is 0 Å². The Morgan fingerprint density at radius 3 is 2.48 bits per heavy atom. The Bertz CT molecular complexity index is 718. The third-order valence-corrected chi connectivity index (χ3v) is 4.28. The van der Waals surface area contributed by atoms with Crippen LogP contribution in [0.25, 0.3) is 0 Å². The smallest absolute Gasteiger partial charge is 0.244 e. The Morgan fingerprint density at radius 1 is 1.16 bits per heavy atom. The first-order valence-corrected chi connectivity index (χ1v) is 8.67. The first-order valence-electron chi connectivity index (χ1n) is 7.91. The van der Waals surface area contributed by atoms with Gasteiger partial charge in [-0.2, -0.15) is 0 Å². The number of benzene rings is 1. The van der Waals surface area contributed by atoms with Crippen LogP contribution in [0.3, 0.4) is 0 Å². The minimum Gasteiger partial charge on any atom is -0.334 e. The number of hydrogen-bond donors (Lipinski definition) is 1. The summed E-state index contributed by atoms with van der Waals surface area (Å²) in [6, 6.07) is 8.72. The van der Waals surface area contributed by atoms with Crippen LogP contribution in [0, 0.1) is 0 Å². The van der Waals surface area contributed by atoms with Gasteiger partial charge < -0.3 is 10.2 Å². The van der Waals surface area contributed by atoms with E-state index in [4.69, 9.17) is 23.2 Å². The molecule has 0 saturated heterocycles. The molecular weight excluding hydrogens is 361 g/mol. The predicted molar refractivity (Wildman–Crippen MR) is 99.9 cm³/mol. The molecule has 0 bridgehead atoms. The van der Waals surface area contributed by atoms with Crippen LogP contribution >= 0.6 is 23.2 Å². The summed E-state index contributed by atoms with van der Waals surface area (Å²) < 4.78 is 0. The predicted octanol–water partition coefficient (Wildman–Crippen LogP) is 3.81. The molecular formula is C18H19Cl2N3O2. The topological polar surface area (TPSA) is 62.3 Å². The first kappa shape index (κ1) is 19.2. The van der Waals surface area contributed by atoms with Crippen molar-refractivity contribution >= 4 is 40.7 Å². The lowest BCUT2D eigenvalue weighted by Crippen LogP contribution is -2.38. The number of carbonyl (C=O) groups excluding carboxylic acids is 2. The van der Waals surface area contributed by atoms with Crippen LogP contribution < -0.4 is 5.32 Å². The average Bonchev–Trinajstić information content (AvgIpc) is 2.61. The maximum atomic E-state index is 12.3. The lowest BCUT2D eigenvalue weighted by atomic mass is 10.1. The van der Waals surface area contributed by atoms with Gasteiger partial charge in [0.05, 0.1) is 22.3 Å². The van der Waals surface area contributed by atoms with Gasteiger partial charge in [0.15, 0.2) is 0 Å². The van der Waals surface area contributed by atoms with Crippen molar-refractivity contribution in [2.45, 2.75) is 19.8 Å². The number of halogens is 2. The number of aryl methyl sites for hydroxylation is 1. The van der Waals surface area contributed by atoms with Crippen molar-refractivity contribution in [3.63, 3.8) is 0 Å². The summed E-state index contributed by atoms with van der Waals surface area (Å²) in [7, 11) is 0. The highest BCUT2D eigenvalue weighted by atomic mass is 35.5. The molecule has 1 heterocycles. The van der Waals surface area contributed by atoms with Gasteiger partial charge >= 0.3 is 0 Å². The standard InChI is InChI=1S/C18H19Cl2N3O2/c1-2-23(17(25)9-8-13-5-4-10-21-11-13)12-16(24)22-18-14(19)6-3-7-15(18)20/h3-7,10-11H,2,8-9,12H2,1H3,(H,22,24). The van der Waals surface area contributed by atoms with Gasteiger partial charge in [-0.05, 0) is 37.1 Å². The zero-order chi connectivity index (χ0) is 18.2. The maximum Gasteiger partial charge on any atom is 0.244 e. The van der Waals surface area contributed by atoms with Gasteiger partial charge in [-0.1, -0.05) is 35.3 Å². The Hall–Kier alpha value is -2.11. The summed E-state index contributed by atoms with van der Waals surface area (Å²) in [5.74, 6) is -0.432. The zero-order valence-corrected chi connectivity index (χ0v) is 15.3. The van der Waals surface area contributed by atoms with E-state index in [2.05, 4.69) is 10.3 Å². The fourth-order valence-electron chi connectivity index (χ4n) is 2.30. The van der Waals surface area contributed by atoms with E-state index in [1.54, 1.807) is 30.6 Å². The van der Waals surface area contributed by atoms with E-state index < -0.39 is 0 Å². The normalized spacial score (nSPS) is 10.4. The molecule has 2 amide bonds. The fraction of sp³-hybridized carbons (Fsp3) is 0.278. The van der Waals surface area contributed by atoms with Crippen molar-refractivity contribution in [2.75, 3.05) is 18.4 Å². The van der Waals surface area contributed by atoms with Crippen molar-refractivity contribution in [1.29, 1.82) is 0 Å². The summed E-state index contributed by atoms with van der Waals surface area (Å²) in [5.41, 5.74) is 1.34. The monoisotopic (exact) mass is 379 g/mol. The van der Waals surface area contributed by atoms with Crippen LogP contribution in [-0.2, 0) is 16.0 Å². The first-order chi connectivity index (χ1) is 12.0. The number of amides is 2. The van der Waals surface area contributed by atoms with Gasteiger partial charge in [-0.25, -0.2) is 0 Å². The van der Waals surface area contributed by atoms with Crippen LogP contribution in [0.4, 0.5) is 5.69 Å². The van der Waals surface area contributed by atoms with E-state index in [0.717, 1.165) is 5.56 Å². The van der Waals surface area contributed by atoms with E-state index in [1.807, 2.05) is 19.1 Å². The second kappa shape index (κ2) is 9.39. The SMILES string of the molecule is CCN(CC(=O)Nc1c(Cl)cccc1Cl)C(=O)CCc1cccnc1. The minimum absolute atomic E-state index is 0.0517. The van der Waals surface area contributed by atoms with Crippen LogP contribution in [0.1, 0.15) is 18.9 Å². The van der Waals surface area contributed by atoms with E-state index in [9.17, 15) is 9.59 Å². The van der Waals surface area contributed by atoms with Gasteiger partial charge in [-0.3, -0.25) is 14.6 Å². The Balaban J connectivity index is 1.91. The fourth-order valence-corrected chi connectivity index (χ4v) is 2.79. The lowest BCUT2D eigenvalue weighted by Gasteiger charge is -2.20. The number of nitrogens with one attached hydrogen (secondary N) is 1. The summed E-state index contributed by atoms with van der Waals surface area (Å²) in [6.45, 7) is 2.22. The molecule has 0 fully saturated rings. The summed E-state index contributed by atoms with van der Waals surface area (Å²) in [6.07, 6.45) is 4.32. The van der Waals surface area contributed by atoms with Gasteiger partial charge in [-0.15, -0.1) is 0 Å². The number of anilines is 1. The number of pyridine rings is 1. The highest BCUT2D eigenvalue weighted by molar-refractivity contribution is 6.39. The van der Waals surface area contributed by atoms with Gasteiger partial charge in [0, 0.05) is 25.4 Å². The van der Waals surface area contributed by atoms with Crippen molar-refractivity contribution in [3.8, 4) is 0 Å². The molecule has 0 aliphatic heterocycles. The van der Waals surface area contributed by atoms with Crippen LogP contribution in [0.5, 0.6) is 0 Å². The molecule has 1 N–H and O–H groups in total. The van der Waals surface area contributed by atoms with Gasteiger partial charge in [0.2, 0.25) is 11.8 Å². The molecule has 2 rings (SSSR count). The number of aromatic nitrogens is 1. The number of hydrogen-bond acceptors (Lipinski definition) is 3. The lowest BCUT2D eigenvalue weighted by molar-refractivity contribution is -0.134. The third-order valence-electron chi connectivity index (χ3n) is 3.65. The molecule has 0 saturated carbocycles. The molecule has 0 atom stereocenters. The second-order valence-electron chi connectivity index (χ2n) is 5.41. The highest BCUT2D eigenvalue weighted by Gasteiger charge is 2.17. The molecule has 0 spiro atoms. The molecule has 0 aliphatic rings. The van der Waals surface area contributed by atoms with Crippen LogP contribution in [-0.4, -0.2) is 34.8 Å². The molecule has 1 aromatic carbocycles. The van der Waals surface area contributed by atoms with Crippen molar-refractivity contribution in [1.82, 2.24) is 9.88 Å².